The number of amides is 2. The fraction of sp³-hybridized carbons (Fsp3) is 0.440. The zero-order valence-electron chi connectivity index (χ0n) is 18.0. The van der Waals surface area contributed by atoms with Crippen LogP contribution in [-0.2, 0) is 4.79 Å². The van der Waals surface area contributed by atoms with Crippen molar-refractivity contribution in [1.82, 2.24) is 4.90 Å². The maximum absolute atomic E-state index is 13.0. The predicted octanol–water partition coefficient (Wildman–Crippen LogP) is 5.23. The molecule has 5 heteroatoms. The van der Waals surface area contributed by atoms with Crippen molar-refractivity contribution in [3.05, 3.63) is 59.7 Å². The third-order valence-electron chi connectivity index (χ3n) is 5.76. The monoisotopic (exact) mass is 408 g/mol. The van der Waals surface area contributed by atoms with Crippen LogP contribution in [0, 0.1) is 0 Å². The van der Waals surface area contributed by atoms with Gasteiger partial charge in [-0.15, -0.1) is 0 Å². The van der Waals surface area contributed by atoms with Crippen LogP contribution in [0.1, 0.15) is 67.8 Å². The van der Waals surface area contributed by atoms with E-state index in [0.29, 0.717) is 22.9 Å². The average molecular weight is 409 g/mol. The molecule has 0 spiro atoms. The first-order valence-electron chi connectivity index (χ1n) is 11.0. The molecule has 2 aromatic carbocycles. The third kappa shape index (κ3) is 5.85. The lowest BCUT2D eigenvalue weighted by Gasteiger charge is -2.22. The van der Waals surface area contributed by atoms with Crippen molar-refractivity contribution in [2.45, 2.75) is 51.9 Å². The minimum atomic E-state index is -0.280. The van der Waals surface area contributed by atoms with Gasteiger partial charge in [-0.25, -0.2) is 0 Å². The van der Waals surface area contributed by atoms with E-state index in [4.69, 9.17) is 4.74 Å². The van der Waals surface area contributed by atoms with Crippen LogP contribution < -0.4 is 10.1 Å². The Bertz CT molecular complexity index is 840. The maximum Gasteiger partial charge on any atom is 0.262 e. The van der Waals surface area contributed by atoms with Gasteiger partial charge in [-0.3, -0.25) is 9.59 Å². The highest BCUT2D eigenvalue weighted by molar-refractivity contribution is 6.04. The summed E-state index contributed by atoms with van der Waals surface area (Å²) in [4.78, 5) is 27.3. The molecule has 0 aromatic heterocycles. The van der Waals surface area contributed by atoms with Crippen LogP contribution in [0.15, 0.2) is 48.5 Å². The molecule has 0 aliphatic carbocycles. The van der Waals surface area contributed by atoms with Crippen LogP contribution in [0.4, 0.5) is 5.69 Å². The Morgan fingerprint density at radius 1 is 1.00 bits per heavy atom. The van der Waals surface area contributed by atoms with E-state index in [0.717, 1.165) is 45.2 Å². The van der Waals surface area contributed by atoms with Crippen LogP contribution in [0.2, 0.25) is 0 Å². The minimum absolute atomic E-state index is 0.0191. The normalized spacial score (nSPS) is 15.2. The van der Waals surface area contributed by atoms with Gasteiger partial charge in [0.2, 0.25) is 0 Å². The number of benzene rings is 2. The average Bonchev–Trinajstić information content (AvgIpc) is 3.07. The van der Waals surface area contributed by atoms with E-state index in [1.54, 1.807) is 12.1 Å². The number of likely N-dealkylation sites (tertiary alicyclic amines) is 1. The molecule has 1 N–H and O–H groups in total. The fourth-order valence-corrected chi connectivity index (χ4v) is 3.69. The largest absolute Gasteiger partial charge is 0.484 e. The summed E-state index contributed by atoms with van der Waals surface area (Å²) >= 11 is 0. The number of ether oxygens (including phenoxy) is 1. The molecule has 0 unspecified atom stereocenters. The Labute approximate surface area is 179 Å². The Morgan fingerprint density at radius 3 is 2.33 bits per heavy atom. The number of rotatable bonds is 7. The number of nitrogens with zero attached hydrogens (tertiary/aromatic N) is 1. The zero-order chi connectivity index (χ0) is 21.3. The van der Waals surface area contributed by atoms with E-state index < -0.39 is 0 Å². The van der Waals surface area contributed by atoms with Crippen LogP contribution in [-0.4, -0.2) is 36.4 Å². The molecule has 1 fully saturated rings. The Hall–Kier alpha value is -2.82. The molecule has 1 atom stereocenters. The third-order valence-corrected chi connectivity index (χ3v) is 5.76. The quantitative estimate of drug-likeness (QED) is 0.682. The summed E-state index contributed by atoms with van der Waals surface area (Å²) in [6.45, 7) is 5.80. The smallest absolute Gasteiger partial charge is 0.262 e. The summed E-state index contributed by atoms with van der Waals surface area (Å²) in [5, 5.41) is 2.84. The molecule has 160 valence electrons. The second kappa shape index (κ2) is 10.8. The summed E-state index contributed by atoms with van der Waals surface area (Å²) in [5.41, 5.74) is 2.33. The molecule has 5 nitrogen and oxygen atoms in total. The van der Waals surface area contributed by atoms with E-state index in [1.165, 1.54) is 5.56 Å². The number of carbonyl (C=O) groups excluding carboxylic acids is 2. The molecule has 30 heavy (non-hydrogen) atoms. The predicted molar refractivity (Wildman–Crippen MR) is 120 cm³/mol. The molecule has 1 saturated heterocycles. The molecule has 2 amide bonds. The summed E-state index contributed by atoms with van der Waals surface area (Å²) < 4.78 is 5.63. The van der Waals surface area contributed by atoms with Crippen molar-refractivity contribution < 1.29 is 14.3 Å². The number of nitrogens with one attached hydrogen (secondary N) is 1. The summed E-state index contributed by atoms with van der Waals surface area (Å²) in [6, 6.07) is 15.1. The van der Waals surface area contributed by atoms with Gasteiger partial charge in [0.05, 0.1) is 11.3 Å². The van der Waals surface area contributed by atoms with Crippen LogP contribution in [0.3, 0.4) is 0 Å². The molecule has 1 aliphatic rings. The maximum atomic E-state index is 13.0. The fourth-order valence-electron chi connectivity index (χ4n) is 3.69. The number of hydrogen-bond donors (Lipinski definition) is 1. The first-order valence-corrected chi connectivity index (χ1v) is 11.0. The zero-order valence-corrected chi connectivity index (χ0v) is 18.0. The van der Waals surface area contributed by atoms with Gasteiger partial charge in [0.1, 0.15) is 5.75 Å². The van der Waals surface area contributed by atoms with E-state index in [-0.39, 0.29) is 18.4 Å². The van der Waals surface area contributed by atoms with Gasteiger partial charge in [-0.2, -0.15) is 0 Å². The van der Waals surface area contributed by atoms with Crippen molar-refractivity contribution in [3.63, 3.8) is 0 Å². The number of hydrogen-bond acceptors (Lipinski definition) is 3. The van der Waals surface area contributed by atoms with Crippen molar-refractivity contribution in [2.75, 3.05) is 25.0 Å². The van der Waals surface area contributed by atoms with Crippen molar-refractivity contribution in [3.8, 4) is 5.75 Å². The van der Waals surface area contributed by atoms with Gasteiger partial charge in [0.25, 0.3) is 11.8 Å². The first kappa shape index (κ1) is 21.9. The molecular weight excluding hydrogens is 376 g/mol. The standard InChI is InChI=1S/C25H32N2O3/c1-3-19(2)20-12-14-21(15-13-20)30-18-24(28)26-23-11-7-6-10-22(23)25(29)27-16-8-4-5-9-17-27/h6-7,10-15,19H,3-5,8-9,16-18H2,1-2H3,(H,26,28)/t19-/m1/s1. The molecule has 0 bridgehead atoms. The lowest BCUT2D eigenvalue weighted by molar-refractivity contribution is -0.118. The molecular formula is C25H32N2O3. The SMILES string of the molecule is CC[C@@H](C)c1ccc(OCC(=O)Nc2ccccc2C(=O)N2CCCCCC2)cc1. The summed E-state index contributed by atoms with van der Waals surface area (Å²) in [7, 11) is 0. The topological polar surface area (TPSA) is 58.6 Å². The molecule has 2 aromatic rings. The van der Waals surface area contributed by atoms with Gasteiger partial charge in [-0.1, -0.05) is 51.0 Å². The second-order valence-electron chi connectivity index (χ2n) is 7.97. The first-order chi connectivity index (χ1) is 14.6. The lowest BCUT2D eigenvalue weighted by Crippen LogP contribution is -2.33. The molecule has 1 aliphatic heterocycles. The van der Waals surface area contributed by atoms with Gasteiger partial charge >= 0.3 is 0 Å². The molecule has 0 saturated carbocycles. The molecule has 1 heterocycles. The number of para-hydroxylation sites is 1. The van der Waals surface area contributed by atoms with Crippen LogP contribution >= 0.6 is 0 Å². The minimum Gasteiger partial charge on any atom is -0.484 e. The van der Waals surface area contributed by atoms with E-state index in [1.807, 2.05) is 41.3 Å². The Kier molecular flexibility index (Phi) is 7.89. The Morgan fingerprint density at radius 2 is 1.67 bits per heavy atom. The van der Waals surface area contributed by atoms with Gasteiger partial charge < -0.3 is 15.0 Å². The van der Waals surface area contributed by atoms with E-state index >= 15 is 0 Å². The van der Waals surface area contributed by atoms with Crippen molar-refractivity contribution in [1.29, 1.82) is 0 Å². The number of carbonyl (C=O) groups is 2. The van der Waals surface area contributed by atoms with Gasteiger partial charge in [-0.05, 0) is 55.0 Å². The highest BCUT2D eigenvalue weighted by Gasteiger charge is 2.20. The highest BCUT2D eigenvalue weighted by atomic mass is 16.5. The number of anilines is 1. The van der Waals surface area contributed by atoms with Gasteiger partial charge in [0.15, 0.2) is 6.61 Å². The summed E-state index contributed by atoms with van der Waals surface area (Å²) in [5.74, 6) is 0.859. The van der Waals surface area contributed by atoms with E-state index in [9.17, 15) is 9.59 Å². The van der Waals surface area contributed by atoms with Crippen molar-refractivity contribution >= 4 is 17.5 Å². The van der Waals surface area contributed by atoms with Crippen LogP contribution in [0.25, 0.3) is 0 Å². The highest BCUT2D eigenvalue weighted by Crippen LogP contribution is 2.22. The Balaban J connectivity index is 1.59. The lowest BCUT2D eigenvalue weighted by atomic mass is 9.99. The molecule has 0 radical (unpaired) electrons. The van der Waals surface area contributed by atoms with Crippen LogP contribution in [0.5, 0.6) is 5.75 Å². The van der Waals surface area contributed by atoms with E-state index in [2.05, 4.69) is 19.2 Å². The second-order valence-corrected chi connectivity index (χ2v) is 7.97. The molecule has 3 rings (SSSR count). The summed E-state index contributed by atoms with van der Waals surface area (Å²) in [6.07, 6.45) is 5.47. The van der Waals surface area contributed by atoms with Gasteiger partial charge in [0, 0.05) is 13.1 Å². The van der Waals surface area contributed by atoms with Crippen molar-refractivity contribution in [2.24, 2.45) is 0 Å².